The van der Waals surface area contributed by atoms with Gasteiger partial charge in [-0.05, 0) is 31.9 Å². The summed E-state index contributed by atoms with van der Waals surface area (Å²) >= 11 is 0. The van der Waals surface area contributed by atoms with Crippen molar-refractivity contribution in [2.45, 2.75) is 13.0 Å². The van der Waals surface area contributed by atoms with Gasteiger partial charge in [0, 0.05) is 5.30 Å². The van der Waals surface area contributed by atoms with Crippen molar-refractivity contribution in [1.82, 2.24) is 0 Å². The molecule has 1 N–H and O–H groups in total. The average molecular weight is 198 g/mol. The van der Waals surface area contributed by atoms with Gasteiger partial charge in [0.2, 0.25) is 0 Å². The van der Waals surface area contributed by atoms with Crippen molar-refractivity contribution >= 4 is 12.4 Å². The van der Waals surface area contributed by atoms with Gasteiger partial charge in [0.05, 0.1) is 6.10 Å². The van der Waals surface area contributed by atoms with E-state index in [0.717, 1.165) is 10.9 Å². The summed E-state index contributed by atoms with van der Waals surface area (Å²) in [6.07, 6.45) is -0.494. The molecule has 13 heavy (non-hydrogen) atoms. The molecule has 0 radical (unpaired) electrons. The van der Waals surface area contributed by atoms with E-state index in [1.807, 2.05) is 24.3 Å². The minimum atomic E-state index is -2.20. The topological polar surface area (TPSA) is 37.3 Å². The molecule has 0 aliphatic rings. The Kier molecular flexibility index (Phi) is 2.94. The molecule has 0 amide bonds. The van der Waals surface area contributed by atoms with Crippen molar-refractivity contribution in [2.24, 2.45) is 0 Å². The van der Waals surface area contributed by atoms with E-state index in [1.54, 1.807) is 20.3 Å². The highest BCUT2D eigenvalue weighted by Crippen LogP contribution is 2.34. The molecule has 0 saturated carbocycles. The van der Waals surface area contributed by atoms with Crippen molar-refractivity contribution in [3.63, 3.8) is 0 Å². The van der Waals surface area contributed by atoms with Crippen LogP contribution in [0.2, 0.25) is 0 Å². The van der Waals surface area contributed by atoms with E-state index in [-0.39, 0.29) is 0 Å². The minimum Gasteiger partial charge on any atom is -0.389 e. The first-order valence-corrected chi connectivity index (χ1v) is 6.85. The van der Waals surface area contributed by atoms with Gasteiger partial charge in [0.25, 0.3) is 0 Å². The summed E-state index contributed by atoms with van der Waals surface area (Å²) in [4.78, 5) is 0. The van der Waals surface area contributed by atoms with Crippen LogP contribution >= 0.6 is 7.14 Å². The predicted octanol–water partition coefficient (Wildman–Crippen LogP) is 1.99. The van der Waals surface area contributed by atoms with Crippen molar-refractivity contribution in [3.8, 4) is 0 Å². The zero-order valence-electron chi connectivity index (χ0n) is 8.19. The summed E-state index contributed by atoms with van der Waals surface area (Å²) < 4.78 is 11.7. The highest BCUT2D eigenvalue weighted by molar-refractivity contribution is 7.70. The van der Waals surface area contributed by atoms with Gasteiger partial charge in [-0.2, -0.15) is 0 Å². The SMILES string of the molecule is CC(O)c1cccc(P(C)(C)=O)c1. The average Bonchev–Trinajstić information content (AvgIpc) is 2.03. The maximum atomic E-state index is 11.7. The van der Waals surface area contributed by atoms with E-state index < -0.39 is 13.2 Å². The van der Waals surface area contributed by atoms with Crippen LogP contribution in [0.5, 0.6) is 0 Å². The van der Waals surface area contributed by atoms with E-state index in [2.05, 4.69) is 0 Å². The lowest BCUT2D eigenvalue weighted by atomic mass is 10.1. The van der Waals surface area contributed by atoms with Crippen LogP contribution < -0.4 is 5.30 Å². The molecular formula is C10H15O2P. The summed E-state index contributed by atoms with van der Waals surface area (Å²) in [5, 5.41) is 10.1. The smallest absolute Gasteiger partial charge is 0.109 e. The van der Waals surface area contributed by atoms with E-state index in [1.165, 1.54) is 0 Å². The highest BCUT2D eigenvalue weighted by atomic mass is 31.2. The van der Waals surface area contributed by atoms with Gasteiger partial charge in [-0.25, -0.2) is 0 Å². The first kappa shape index (κ1) is 10.5. The molecule has 72 valence electrons. The predicted molar refractivity (Wildman–Crippen MR) is 56.2 cm³/mol. The summed E-state index contributed by atoms with van der Waals surface area (Å²) in [7, 11) is -2.20. The lowest BCUT2D eigenvalue weighted by Crippen LogP contribution is -2.05. The molecule has 0 heterocycles. The number of benzene rings is 1. The fourth-order valence-corrected chi connectivity index (χ4v) is 2.02. The van der Waals surface area contributed by atoms with Crippen molar-refractivity contribution < 1.29 is 9.67 Å². The second-order valence-corrected chi connectivity index (χ2v) is 6.84. The molecule has 0 aliphatic carbocycles. The van der Waals surface area contributed by atoms with Crippen LogP contribution in [0, 0.1) is 0 Å². The van der Waals surface area contributed by atoms with E-state index in [4.69, 9.17) is 0 Å². The number of hydrogen-bond donors (Lipinski definition) is 1. The zero-order chi connectivity index (χ0) is 10.1. The van der Waals surface area contributed by atoms with Gasteiger partial charge in [-0.15, -0.1) is 0 Å². The summed E-state index contributed by atoms with van der Waals surface area (Å²) in [6.45, 7) is 5.16. The third kappa shape index (κ3) is 2.68. The van der Waals surface area contributed by atoms with Crippen LogP contribution in [0.1, 0.15) is 18.6 Å². The Morgan fingerprint density at radius 2 is 2.00 bits per heavy atom. The Bertz CT molecular complexity index is 339. The van der Waals surface area contributed by atoms with E-state index in [9.17, 15) is 9.67 Å². The number of hydrogen-bond acceptors (Lipinski definition) is 2. The Hall–Kier alpha value is -0.590. The third-order valence-electron chi connectivity index (χ3n) is 1.97. The van der Waals surface area contributed by atoms with E-state index in [0.29, 0.717) is 0 Å². The van der Waals surface area contributed by atoms with Gasteiger partial charge in [-0.3, -0.25) is 0 Å². The van der Waals surface area contributed by atoms with Crippen molar-refractivity contribution in [1.29, 1.82) is 0 Å². The molecule has 2 nitrogen and oxygen atoms in total. The minimum absolute atomic E-state index is 0.494. The van der Waals surface area contributed by atoms with Gasteiger partial charge in [0.1, 0.15) is 7.14 Å². The largest absolute Gasteiger partial charge is 0.389 e. The zero-order valence-corrected chi connectivity index (χ0v) is 9.08. The molecule has 0 spiro atoms. The van der Waals surface area contributed by atoms with Gasteiger partial charge in [-0.1, -0.05) is 18.2 Å². The normalized spacial score (nSPS) is 14.2. The Labute approximate surface area is 79.0 Å². The lowest BCUT2D eigenvalue weighted by Gasteiger charge is -2.10. The van der Waals surface area contributed by atoms with Crippen LogP contribution in [0.4, 0.5) is 0 Å². The molecule has 0 aliphatic heterocycles. The Morgan fingerprint density at radius 1 is 1.38 bits per heavy atom. The van der Waals surface area contributed by atoms with Crippen LogP contribution in [0.25, 0.3) is 0 Å². The molecule has 3 heteroatoms. The van der Waals surface area contributed by atoms with Crippen LogP contribution in [-0.2, 0) is 4.57 Å². The molecule has 1 aromatic rings. The monoisotopic (exact) mass is 198 g/mol. The maximum absolute atomic E-state index is 11.7. The third-order valence-corrected chi connectivity index (χ3v) is 3.50. The first-order valence-electron chi connectivity index (χ1n) is 4.25. The first-order chi connectivity index (χ1) is 5.91. The summed E-state index contributed by atoms with van der Waals surface area (Å²) in [5.41, 5.74) is 0.821. The fraction of sp³-hybridized carbons (Fsp3) is 0.400. The fourth-order valence-electron chi connectivity index (χ4n) is 1.12. The van der Waals surface area contributed by atoms with Crippen LogP contribution in [0.3, 0.4) is 0 Å². The van der Waals surface area contributed by atoms with Crippen LogP contribution in [0.15, 0.2) is 24.3 Å². The van der Waals surface area contributed by atoms with Gasteiger partial charge < -0.3 is 9.67 Å². The number of aliphatic hydroxyl groups excluding tert-OH is 1. The summed E-state index contributed by atoms with van der Waals surface area (Å²) in [5.74, 6) is 0. The molecular weight excluding hydrogens is 183 g/mol. The lowest BCUT2D eigenvalue weighted by molar-refractivity contribution is 0.199. The van der Waals surface area contributed by atoms with Crippen LogP contribution in [-0.4, -0.2) is 18.4 Å². The molecule has 0 saturated heterocycles. The molecule has 0 fully saturated rings. The molecule has 1 rings (SSSR count). The second kappa shape index (κ2) is 3.65. The summed E-state index contributed by atoms with van der Waals surface area (Å²) in [6, 6.07) is 7.32. The van der Waals surface area contributed by atoms with Crippen molar-refractivity contribution in [3.05, 3.63) is 29.8 Å². The van der Waals surface area contributed by atoms with Gasteiger partial charge in [0.15, 0.2) is 0 Å². The highest BCUT2D eigenvalue weighted by Gasteiger charge is 2.11. The molecule has 1 atom stereocenters. The quantitative estimate of drug-likeness (QED) is 0.738. The molecule has 1 aromatic carbocycles. The standard InChI is InChI=1S/C10H15O2P/c1-8(11)9-5-4-6-10(7-9)13(2,3)12/h4-8,11H,1-3H3. The van der Waals surface area contributed by atoms with Crippen molar-refractivity contribution in [2.75, 3.05) is 13.3 Å². The van der Waals surface area contributed by atoms with E-state index >= 15 is 0 Å². The molecule has 0 bridgehead atoms. The molecule has 0 aromatic heterocycles. The maximum Gasteiger partial charge on any atom is 0.109 e. The Balaban J connectivity index is 3.13. The van der Waals surface area contributed by atoms with Gasteiger partial charge >= 0.3 is 0 Å². The number of aliphatic hydroxyl groups is 1. The molecule has 1 unspecified atom stereocenters. The second-order valence-electron chi connectivity index (χ2n) is 3.62. The number of rotatable bonds is 2. The Morgan fingerprint density at radius 3 is 2.46 bits per heavy atom.